The number of carbonyl (C=O) groups is 3. The van der Waals surface area contributed by atoms with E-state index in [1.807, 2.05) is 0 Å². The third-order valence-electron chi connectivity index (χ3n) is 2.03. The molecule has 1 heterocycles. The highest BCUT2D eigenvalue weighted by Gasteiger charge is 2.43. The molecule has 0 saturated carbocycles. The van der Waals surface area contributed by atoms with Gasteiger partial charge in [0.1, 0.15) is 5.92 Å². The molecule has 2 atom stereocenters. The van der Waals surface area contributed by atoms with Crippen molar-refractivity contribution in [3.05, 3.63) is 0 Å². The molecule has 1 unspecified atom stereocenters. The number of Topliss-reactive ketones (excluding diaryl/α,β-unsaturated/α-hetero) is 1. The normalized spacial score (nSPS) is 24.2. The minimum atomic E-state index is -1.25. The Morgan fingerprint density at radius 1 is 1.64 bits per heavy atom. The van der Waals surface area contributed by atoms with Crippen LogP contribution in [0, 0.1) is 5.92 Å². The number of carbonyl (C=O) groups excluding carboxylic acids is 3. The fourth-order valence-corrected chi connectivity index (χ4v) is 1.19. The lowest BCUT2D eigenvalue weighted by Gasteiger charge is -2.10. The molecule has 0 bridgehead atoms. The van der Waals surface area contributed by atoms with Gasteiger partial charge in [-0.3, -0.25) is 19.6 Å². The first kappa shape index (κ1) is 10.8. The van der Waals surface area contributed by atoms with Crippen LogP contribution in [0.4, 0.5) is 0 Å². The van der Waals surface area contributed by atoms with E-state index in [1.165, 1.54) is 0 Å². The summed E-state index contributed by atoms with van der Waals surface area (Å²) >= 11 is 0. The van der Waals surface area contributed by atoms with E-state index < -0.39 is 36.2 Å². The fourth-order valence-electron chi connectivity index (χ4n) is 1.19. The second-order valence-electron chi connectivity index (χ2n) is 2.99. The van der Waals surface area contributed by atoms with E-state index in [2.05, 4.69) is 0 Å². The van der Waals surface area contributed by atoms with Crippen molar-refractivity contribution in [1.82, 2.24) is 5.06 Å². The summed E-state index contributed by atoms with van der Waals surface area (Å²) < 4.78 is 0. The van der Waals surface area contributed by atoms with Crippen LogP contribution in [0.3, 0.4) is 0 Å². The maximum atomic E-state index is 11.3. The summed E-state index contributed by atoms with van der Waals surface area (Å²) in [5, 5.41) is 17.3. The van der Waals surface area contributed by atoms with Gasteiger partial charge in [-0.05, 0) is 0 Å². The summed E-state index contributed by atoms with van der Waals surface area (Å²) in [5.41, 5.74) is 5.19. The maximum absolute atomic E-state index is 11.3. The Morgan fingerprint density at radius 3 is 2.57 bits per heavy atom. The first-order valence-electron chi connectivity index (χ1n) is 3.95. The Balaban J connectivity index is 2.76. The number of ketones is 1. The van der Waals surface area contributed by atoms with Crippen LogP contribution in [0.1, 0.15) is 6.42 Å². The van der Waals surface area contributed by atoms with E-state index in [1.54, 1.807) is 0 Å². The zero-order valence-corrected chi connectivity index (χ0v) is 7.21. The summed E-state index contributed by atoms with van der Waals surface area (Å²) in [5.74, 6) is -3.81. The topological polar surface area (TPSA) is 121 Å². The number of aliphatic hydroxyl groups excluding tert-OH is 1. The summed E-state index contributed by atoms with van der Waals surface area (Å²) in [6, 6.07) is -1.19. The van der Waals surface area contributed by atoms with Crippen LogP contribution in [-0.2, 0) is 14.4 Å². The molecule has 7 nitrogen and oxygen atoms in total. The average molecular weight is 202 g/mol. The van der Waals surface area contributed by atoms with Gasteiger partial charge in [-0.2, -0.15) is 5.06 Å². The number of hydrogen-bond acceptors (Lipinski definition) is 6. The van der Waals surface area contributed by atoms with E-state index in [9.17, 15) is 14.4 Å². The van der Waals surface area contributed by atoms with Crippen molar-refractivity contribution in [3.63, 3.8) is 0 Å². The van der Waals surface area contributed by atoms with Crippen LogP contribution in [0.2, 0.25) is 0 Å². The highest BCUT2D eigenvalue weighted by molar-refractivity contribution is 6.14. The SMILES string of the molecule is N[C@@H](CO)C(=O)C1CC(=O)N(O)C1=O. The number of hydroxylamine groups is 2. The minimum Gasteiger partial charge on any atom is -0.394 e. The molecule has 1 saturated heterocycles. The van der Waals surface area contributed by atoms with Crippen molar-refractivity contribution in [3.8, 4) is 0 Å². The summed E-state index contributed by atoms with van der Waals surface area (Å²) in [6.45, 7) is -0.595. The molecule has 0 aromatic rings. The molecule has 1 rings (SSSR count). The fraction of sp³-hybridized carbons (Fsp3) is 0.571. The highest BCUT2D eigenvalue weighted by Crippen LogP contribution is 2.19. The number of hydrogen-bond donors (Lipinski definition) is 3. The number of aliphatic hydroxyl groups is 1. The van der Waals surface area contributed by atoms with Gasteiger partial charge in [0.15, 0.2) is 5.78 Å². The summed E-state index contributed by atoms with van der Waals surface area (Å²) in [6.07, 6.45) is -0.387. The van der Waals surface area contributed by atoms with E-state index in [0.29, 0.717) is 0 Å². The molecule has 14 heavy (non-hydrogen) atoms. The molecule has 78 valence electrons. The second kappa shape index (κ2) is 3.82. The lowest BCUT2D eigenvalue weighted by atomic mass is 9.97. The number of amides is 2. The Morgan fingerprint density at radius 2 is 2.21 bits per heavy atom. The monoisotopic (exact) mass is 202 g/mol. The molecule has 0 spiro atoms. The quantitative estimate of drug-likeness (QED) is 0.267. The Kier molecular flexibility index (Phi) is 2.94. The van der Waals surface area contributed by atoms with Gasteiger partial charge in [0.25, 0.3) is 11.8 Å². The van der Waals surface area contributed by atoms with Gasteiger partial charge in [0.2, 0.25) is 0 Å². The molecule has 0 aliphatic carbocycles. The average Bonchev–Trinajstić information content (AvgIpc) is 2.43. The molecule has 1 aliphatic rings. The third kappa shape index (κ3) is 1.65. The van der Waals surface area contributed by atoms with Crippen molar-refractivity contribution in [2.24, 2.45) is 11.7 Å². The first-order chi connectivity index (χ1) is 6.49. The minimum absolute atomic E-state index is 0.0906. The zero-order valence-electron chi connectivity index (χ0n) is 7.21. The lowest BCUT2D eigenvalue weighted by molar-refractivity contribution is -0.172. The number of rotatable bonds is 3. The largest absolute Gasteiger partial charge is 0.394 e. The third-order valence-corrected chi connectivity index (χ3v) is 2.03. The van der Waals surface area contributed by atoms with Crippen molar-refractivity contribution in [2.75, 3.05) is 6.61 Å². The summed E-state index contributed by atoms with van der Waals surface area (Å²) in [4.78, 5) is 33.2. The van der Waals surface area contributed by atoms with Crippen LogP contribution in [0.25, 0.3) is 0 Å². The molecule has 7 heteroatoms. The van der Waals surface area contributed by atoms with E-state index >= 15 is 0 Å². The Hall–Kier alpha value is -1.31. The van der Waals surface area contributed by atoms with Gasteiger partial charge in [-0.15, -0.1) is 0 Å². The Bertz CT molecular complexity index is 290. The van der Waals surface area contributed by atoms with Crippen LogP contribution in [0.15, 0.2) is 0 Å². The lowest BCUT2D eigenvalue weighted by Crippen LogP contribution is -2.41. The first-order valence-corrected chi connectivity index (χ1v) is 3.95. The van der Waals surface area contributed by atoms with Gasteiger partial charge in [-0.25, -0.2) is 0 Å². The molecule has 1 fully saturated rings. The molecule has 4 N–H and O–H groups in total. The predicted molar refractivity (Wildman–Crippen MR) is 41.8 cm³/mol. The molecule has 1 aliphatic heterocycles. The van der Waals surface area contributed by atoms with Crippen molar-refractivity contribution in [1.29, 1.82) is 0 Å². The van der Waals surface area contributed by atoms with E-state index in [4.69, 9.17) is 16.0 Å². The second-order valence-corrected chi connectivity index (χ2v) is 2.99. The van der Waals surface area contributed by atoms with Crippen LogP contribution in [-0.4, -0.2) is 45.6 Å². The highest BCUT2D eigenvalue weighted by atomic mass is 16.5. The predicted octanol–water partition coefficient (Wildman–Crippen LogP) is -2.36. The van der Waals surface area contributed by atoms with Crippen molar-refractivity contribution >= 4 is 17.6 Å². The summed E-state index contributed by atoms with van der Waals surface area (Å²) in [7, 11) is 0. The van der Waals surface area contributed by atoms with Gasteiger partial charge < -0.3 is 10.8 Å². The number of imide groups is 1. The van der Waals surface area contributed by atoms with Gasteiger partial charge >= 0.3 is 0 Å². The zero-order chi connectivity index (χ0) is 10.9. The number of nitrogens with two attached hydrogens (primary N) is 1. The molecule has 0 aromatic carbocycles. The van der Waals surface area contributed by atoms with Crippen LogP contribution < -0.4 is 5.73 Å². The molecular formula is C7H10N2O5. The molecule has 0 aromatic heterocycles. The van der Waals surface area contributed by atoms with Gasteiger partial charge in [-0.1, -0.05) is 0 Å². The van der Waals surface area contributed by atoms with Crippen LogP contribution >= 0.6 is 0 Å². The molecule has 2 amide bonds. The van der Waals surface area contributed by atoms with E-state index in [0.717, 1.165) is 0 Å². The smallest absolute Gasteiger partial charge is 0.264 e. The van der Waals surface area contributed by atoms with E-state index in [-0.39, 0.29) is 11.5 Å². The van der Waals surface area contributed by atoms with Gasteiger partial charge in [0.05, 0.1) is 12.6 Å². The Labute approximate surface area is 79.0 Å². The number of nitrogens with zero attached hydrogens (tertiary/aromatic N) is 1. The molecule has 0 radical (unpaired) electrons. The maximum Gasteiger partial charge on any atom is 0.264 e. The van der Waals surface area contributed by atoms with Crippen molar-refractivity contribution < 1.29 is 24.7 Å². The molecular weight excluding hydrogens is 192 g/mol. The van der Waals surface area contributed by atoms with Crippen LogP contribution in [0.5, 0.6) is 0 Å². The standard InChI is InChI=1S/C7H10N2O5/c8-4(2-10)6(12)3-1-5(11)9(14)7(3)13/h3-4,10,14H,1-2,8H2/t3?,4-/m0/s1. The van der Waals surface area contributed by atoms with Gasteiger partial charge in [0, 0.05) is 6.42 Å². The van der Waals surface area contributed by atoms with Crippen molar-refractivity contribution in [2.45, 2.75) is 12.5 Å².